The van der Waals surface area contributed by atoms with E-state index in [1.54, 1.807) is 50.7 Å². The van der Waals surface area contributed by atoms with E-state index in [4.69, 9.17) is 13.9 Å². The molecular formula is C27H27N3O5. The number of pyridine rings is 1. The van der Waals surface area contributed by atoms with Gasteiger partial charge in [0.1, 0.15) is 23.4 Å². The molecule has 5 rings (SSSR count). The van der Waals surface area contributed by atoms with E-state index < -0.39 is 0 Å². The van der Waals surface area contributed by atoms with Gasteiger partial charge in [0.15, 0.2) is 11.5 Å². The van der Waals surface area contributed by atoms with Gasteiger partial charge in [-0.25, -0.2) is 4.98 Å². The van der Waals surface area contributed by atoms with Gasteiger partial charge in [0.2, 0.25) is 5.43 Å². The summed E-state index contributed by atoms with van der Waals surface area (Å²) >= 11 is 0. The molecule has 0 atom stereocenters. The van der Waals surface area contributed by atoms with Crippen LogP contribution in [-0.2, 0) is 6.54 Å². The molecule has 0 radical (unpaired) electrons. The number of phenolic OH excluding ortho intramolecular Hbond substituents is 1. The van der Waals surface area contributed by atoms with Gasteiger partial charge in [-0.05, 0) is 42.0 Å². The predicted molar refractivity (Wildman–Crippen MR) is 134 cm³/mol. The van der Waals surface area contributed by atoms with Gasteiger partial charge in [-0.1, -0.05) is 12.1 Å². The van der Waals surface area contributed by atoms with Gasteiger partial charge in [0, 0.05) is 38.9 Å². The van der Waals surface area contributed by atoms with Crippen molar-refractivity contribution in [2.24, 2.45) is 0 Å². The lowest BCUT2D eigenvalue weighted by Gasteiger charge is -2.35. The van der Waals surface area contributed by atoms with E-state index in [1.165, 1.54) is 6.26 Å². The molecule has 0 spiro atoms. The molecule has 4 aromatic rings. The highest BCUT2D eigenvalue weighted by Gasteiger charge is 2.22. The number of piperazine rings is 1. The molecule has 0 unspecified atom stereocenters. The highest BCUT2D eigenvalue weighted by atomic mass is 16.5. The number of phenols is 1. The van der Waals surface area contributed by atoms with Gasteiger partial charge >= 0.3 is 0 Å². The summed E-state index contributed by atoms with van der Waals surface area (Å²) < 4.78 is 16.6. The number of hydrogen-bond donors (Lipinski definition) is 1. The largest absolute Gasteiger partial charge is 0.507 e. The Labute approximate surface area is 203 Å². The Hall–Kier alpha value is -4.04. The second-order valence-electron chi connectivity index (χ2n) is 8.44. The first-order valence-electron chi connectivity index (χ1n) is 11.5. The zero-order valence-corrected chi connectivity index (χ0v) is 19.7. The van der Waals surface area contributed by atoms with Crippen LogP contribution in [0.2, 0.25) is 0 Å². The van der Waals surface area contributed by atoms with E-state index in [0.29, 0.717) is 45.7 Å². The summed E-state index contributed by atoms with van der Waals surface area (Å²) in [5.41, 5.74) is 1.94. The summed E-state index contributed by atoms with van der Waals surface area (Å²) in [5.74, 6) is 2.19. The number of anilines is 1. The molecule has 1 saturated heterocycles. The average Bonchev–Trinajstić information content (AvgIpc) is 2.91. The van der Waals surface area contributed by atoms with Gasteiger partial charge in [-0.15, -0.1) is 0 Å². The predicted octanol–water partition coefficient (Wildman–Crippen LogP) is 3.90. The lowest BCUT2D eigenvalue weighted by atomic mass is 10.0. The Bertz CT molecular complexity index is 1400. The van der Waals surface area contributed by atoms with Crippen molar-refractivity contribution in [1.29, 1.82) is 0 Å². The van der Waals surface area contributed by atoms with Crippen LogP contribution >= 0.6 is 0 Å². The Morgan fingerprint density at radius 2 is 1.80 bits per heavy atom. The lowest BCUT2D eigenvalue weighted by molar-refractivity contribution is 0.246. The number of rotatable bonds is 6. The first-order chi connectivity index (χ1) is 17.1. The van der Waals surface area contributed by atoms with E-state index in [0.717, 1.165) is 32.0 Å². The fraction of sp³-hybridized carbons (Fsp3) is 0.259. The molecule has 35 heavy (non-hydrogen) atoms. The molecule has 3 heterocycles. The maximum atomic E-state index is 13.4. The van der Waals surface area contributed by atoms with Crippen LogP contribution in [0.15, 0.2) is 70.2 Å². The third-order valence-corrected chi connectivity index (χ3v) is 6.44. The summed E-state index contributed by atoms with van der Waals surface area (Å²) in [7, 11) is 3.12. The Morgan fingerprint density at radius 3 is 2.51 bits per heavy atom. The van der Waals surface area contributed by atoms with Gasteiger partial charge in [0.05, 0.1) is 30.7 Å². The van der Waals surface area contributed by atoms with Gasteiger partial charge in [0.25, 0.3) is 0 Å². The maximum absolute atomic E-state index is 13.4. The molecule has 0 aliphatic carbocycles. The van der Waals surface area contributed by atoms with Crippen LogP contribution in [0.1, 0.15) is 5.56 Å². The molecule has 1 aliphatic rings. The molecule has 2 aromatic carbocycles. The van der Waals surface area contributed by atoms with E-state index in [-0.39, 0.29) is 11.2 Å². The van der Waals surface area contributed by atoms with Crippen molar-refractivity contribution in [2.75, 3.05) is 45.3 Å². The molecule has 2 aromatic heterocycles. The Kier molecular flexibility index (Phi) is 6.29. The molecule has 0 bridgehead atoms. The highest BCUT2D eigenvalue weighted by Crippen LogP contribution is 2.33. The van der Waals surface area contributed by atoms with E-state index >= 15 is 0 Å². The summed E-state index contributed by atoms with van der Waals surface area (Å²) in [6.07, 6.45) is 3.25. The van der Waals surface area contributed by atoms with E-state index in [2.05, 4.69) is 14.8 Å². The van der Waals surface area contributed by atoms with Crippen molar-refractivity contribution in [1.82, 2.24) is 9.88 Å². The SMILES string of the molecule is COc1ccc(-c2coc3c(CN4CCN(c5ccccn5)CC4)c(O)ccc3c2=O)cc1OC. The topological polar surface area (TPSA) is 88.3 Å². The standard InChI is InChI=1S/C27H27N3O5/c1-33-23-9-6-18(15-24(23)34-2)21-17-35-27-19(26(21)32)7-8-22(31)20(27)16-29-11-13-30(14-12-29)25-5-3-4-10-28-25/h3-10,15,17,31H,11-14,16H2,1-2H3. The maximum Gasteiger partial charge on any atom is 0.200 e. The van der Waals surface area contributed by atoms with Crippen LogP contribution in [-0.4, -0.2) is 55.4 Å². The molecule has 1 aliphatic heterocycles. The zero-order valence-electron chi connectivity index (χ0n) is 19.7. The van der Waals surface area contributed by atoms with Crippen LogP contribution in [0.25, 0.3) is 22.1 Å². The number of aromatic nitrogens is 1. The van der Waals surface area contributed by atoms with E-state index in [9.17, 15) is 9.90 Å². The molecule has 1 N–H and O–H groups in total. The number of nitrogens with zero attached hydrogens (tertiary/aromatic N) is 3. The van der Waals surface area contributed by atoms with Gasteiger partial charge in [-0.3, -0.25) is 9.69 Å². The zero-order chi connectivity index (χ0) is 24.4. The molecule has 8 nitrogen and oxygen atoms in total. The van der Waals surface area contributed by atoms with Crippen LogP contribution < -0.4 is 19.8 Å². The van der Waals surface area contributed by atoms with Crippen LogP contribution in [0, 0.1) is 0 Å². The first-order valence-corrected chi connectivity index (χ1v) is 11.5. The number of methoxy groups -OCH3 is 2. The minimum atomic E-state index is -0.167. The van der Waals surface area contributed by atoms with Crippen molar-refractivity contribution in [3.05, 3.63) is 76.8 Å². The van der Waals surface area contributed by atoms with Gasteiger partial charge in [-0.2, -0.15) is 0 Å². The van der Waals surface area contributed by atoms with Crippen molar-refractivity contribution in [3.8, 4) is 28.4 Å². The minimum absolute atomic E-state index is 0.117. The molecule has 0 saturated carbocycles. The first kappa shape index (κ1) is 22.7. The number of benzene rings is 2. The highest BCUT2D eigenvalue weighted by molar-refractivity contribution is 5.86. The van der Waals surface area contributed by atoms with Crippen molar-refractivity contribution >= 4 is 16.8 Å². The molecule has 180 valence electrons. The number of ether oxygens (including phenoxy) is 2. The summed E-state index contributed by atoms with van der Waals surface area (Å²) in [6.45, 7) is 3.75. The van der Waals surface area contributed by atoms with Crippen LogP contribution in [0.4, 0.5) is 5.82 Å². The normalized spacial score (nSPS) is 14.3. The van der Waals surface area contributed by atoms with Crippen molar-refractivity contribution in [3.63, 3.8) is 0 Å². The summed E-state index contributed by atoms with van der Waals surface area (Å²) in [6, 6.07) is 14.4. The molecule has 1 fully saturated rings. The third kappa shape index (κ3) is 4.40. The third-order valence-electron chi connectivity index (χ3n) is 6.44. The molecular weight excluding hydrogens is 446 g/mol. The quantitative estimate of drug-likeness (QED) is 0.451. The van der Waals surface area contributed by atoms with Crippen molar-refractivity contribution < 1.29 is 19.0 Å². The Balaban J connectivity index is 1.42. The summed E-state index contributed by atoms with van der Waals surface area (Å²) in [4.78, 5) is 22.3. The second-order valence-corrected chi connectivity index (χ2v) is 8.44. The fourth-order valence-electron chi connectivity index (χ4n) is 4.50. The van der Waals surface area contributed by atoms with Crippen LogP contribution in [0.5, 0.6) is 17.2 Å². The monoisotopic (exact) mass is 473 g/mol. The Morgan fingerprint density at radius 1 is 1.00 bits per heavy atom. The number of aromatic hydroxyl groups is 1. The summed E-state index contributed by atoms with van der Waals surface area (Å²) in [5, 5.41) is 11.1. The second kappa shape index (κ2) is 9.68. The van der Waals surface area contributed by atoms with Gasteiger partial charge < -0.3 is 23.9 Å². The molecule has 0 amide bonds. The number of fused-ring (bicyclic) bond motifs is 1. The smallest absolute Gasteiger partial charge is 0.200 e. The van der Waals surface area contributed by atoms with E-state index in [1.807, 2.05) is 18.2 Å². The minimum Gasteiger partial charge on any atom is -0.507 e. The number of hydrogen-bond acceptors (Lipinski definition) is 8. The fourth-order valence-corrected chi connectivity index (χ4v) is 4.50. The van der Waals surface area contributed by atoms with Crippen LogP contribution in [0.3, 0.4) is 0 Å². The molecule has 8 heteroatoms. The lowest BCUT2D eigenvalue weighted by Crippen LogP contribution is -2.46. The average molecular weight is 474 g/mol. The van der Waals surface area contributed by atoms with Crippen molar-refractivity contribution in [2.45, 2.75) is 6.54 Å².